The summed E-state index contributed by atoms with van der Waals surface area (Å²) in [6.45, 7) is 5.90. The molecule has 100 valence electrons. The lowest BCUT2D eigenvalue weighted by Gasteiger charge is -2.26. The van der Waals surface area contributed by atoms with Crippen molar-refractivity contribution in [3.8, 4) is 0 Å². The maximum Gasteiger partial charge on any atom is 0.220 e. The number of carbonyl (C=O) groups is 1. The summed E-state index contributed by atoms with van der Waals surface area (Å²) < 4.78 is 0. The minimum absolute atomic E-state index is 0.181. The Balaban J connectivity index is 2.15. The second kappa shape index (κ2) is 7.70. The Kier molecular flexibility index (Phi) is 6.56. The molecule has 3 nitrogen and oxygen atoms in total. The molecule has 1 saturated carbocycles. The third-order valence-electron chi connectivity index (χ3n) is 4.11. The van der Waals surface area contributed by atoms with E-state index in [1.807, 2.05) is 0 Å². The number of rotatable bonds is 6. The van der Waals surface area contributed by atoms with E-state index in [2.05, 4.69) is 19.2 Å². The smallest absolute Gasteiger partial charge is 0.220 e. The maximum absolute atomic E-state index is 11.7. The summed E-state index contributed by atoms with van der Waals surface area (Å²) in [6.07, 6.45) is 6.77. The Labute approximate surface area is 106 Å². The van der Waals surface area contributed by atoms with Crippen molar-refractivity contribution >= 4 is 5.91 Å². The van der Waals surface area contributed by atoms with Crippen LogP contribution in [0, 0.1) is 17.8 Å². The molecule has 1 rings (SSSR count). The number of hydrogen-bond donors (Lipinski definition) is 2. The molecule has 0 radical (unpaired) electrons. The third kappa shape index (κ3) is 5.53. The van der Waals surface area contributed by atoms with Gasteiger partial charge in [-0.15, -0.1) is 0 Å². The van der Waals surface area contributed by atoms with Crippen molar-refractivity contribution in [3.05, 3.63) is 0 Å². The fourth-order valence-corrected chi connectivity index (χ4v) is 2.52. The first-order chi connectivity index (χ1) is 8.15. The molecule has 3 heteroatoms. The molecule has 1 aliphatic rings. The minimum Gasteiger partial charge on any atom is -0.356 e. The quantitative estimate of drug-likeness (QED) is 0.748. The van der Waals surface area contributed by atoms with E-state index >= 15 is 0 Å². The topological polar surface area (TPSA) is 55.1 Å². The summed E-state index contributed by atoms with van der Waals surface area (Å²) in [6, 6.07) is 0. The number of carbonyl (C=O) groups excluding carboxylic acids is 1. The number of amides is 1. The summed E-state index contributed by atoms with van der Waals surface area (Å²) >= 11 is 0. The highest BCUT2D eigenvalue weighted by Crippen LogP contribution is 2.27. The second-order valence-corrected chi connectivity index (χ2v) is 5.64. The molecule has 0 spiro atoms. The van der Waals surface area contributed by atoms with Crippen LogP contribution in [0.15, 0.2) is 0 Å². The minimum atomic E-state index is 0.181. The number of hydrogen-bond acceptors (Lipinski definition) is 2. The predicted octanol–water partition coefficient (Wildman–Crippen LogP) is 2.30. The Hall–Kier alpha value is -0.570. The highest BCUT2D eigenvalue weighted by molar-refractivity contribution is 5.76. The van der Waals surface area contributed by atoms with Gasteiger partial charge in [-0.3, -0.25) is 4.79 Å². The molecule has 1 unspecified atom stereocenters. The van der Waals surface area contributed by atoms with Crippen molar-refractivity contribution in [2.75, 3.05) is 13.1 Å². The van der Waals surface area contributed by atoms with Crippen LogP contribution < -0.4 is 11.1 Å². The van der Waals surface area contributed by atoms with Gasteiger partial charge in [-0.25, -0.2) is 0 Å². The first kappa shape index (κ1) is 14.5. The lowest BCUT2D eigenvalue weighted by atomic mass is 9.83. The number of nitrogens with one attached hydrogen (secondary N) is 1. The predicted molar refractivity (Wildman–Crippen MR) is 71.6 cm³/mol. The van der Waals surface area contributed by atoms with E-state index in [9.17, 15) is 4.79 Å². The Morgan fingerprint density at radius 2 is 2.00 bits per heavy atom. The second-order valence-electron chi connectivity index (χ2n) is 5.64. The van der Waals surface area contributed by atoms with Crippen molar-refractivity contribution in [1.29, 1.82) is 0 Å². The first-order valence-electron chi connectivity index (χ1n) is 7.12. The molecule has 1 fully saturated rings. The van der Waals surface area contributed by atoms with E-state index < -0.39 is 0 Å². The summed E-state index contributed by atoms with van der Waals surface area (Å²) in [5, 5.41) is 3.07. The zero-order valence-electron chi connectivity index (χ0n) is 11.4. The Morgan fingerprint density at radius 1 is 1.35 bits per heavy atom. The van der Waals surface area contributed by atoms with Crippen molar-refractivity contribution in [1.82, 2.24) is 5.32 Å². The van der Waals surface area contributed by atoms with Gasteiger partial charge in [-0.1, -0.05) is 33.1 Å². The van der Waals surface area contributed by atoms with E-state index in [1.54, 1.807) is 0 Å². The molecular weight excluding hydrogens is 212 g/mol. The van der Waals surface area contributed by atoms with Crippen LogP contribution in [0.25, 0.3) is 0 Å². The van der Waals surface area contributed by atoms with Crippen molar-refractivity contribution in [3.63, 3.8) is 0 Å². The van der Waals surface area contributed by atoms with Crippen LogP contribution in [0.5, 0.6) is 0 Å². The van der Waals surface area contributed by atoms with Gasteiger partial charge in [0.15, 0.2) is 0 Å². The van der Waals surface area contributed by atoms with Crippen LogP contribution in [0.2, 0.25) is 0 Å². The van der Waals surface area contributed by atoms with Crippen molar-refractivity contribution in [2.24, 2.45) is 23.5 Å². The van der Waals surface area contributed by atoms with Gasteiger partial charge in [0.2, 0.25) is 5.91 Å². The van der Waals surface area contributed by atoms with Gasteiger partial charge in [-0.05, 0) is 37.1 Å². The van der Waals surface area contributed by atoms with E-state index in [4.69, 9.17) is 5.73 Å². The van der Waals surface area contributed by atoms with Gasteiger partial charge >= 0.3 is 0 Å². The van der Waals surface area contributed by atoms with E-state index in [-0.39, 0.29) is 5.91 Å². The van der Waals surface area contributed by atoms with Crippen LogP contribution >= 0.6 is 0 Å². The first-order valence-corrected chi connectivity index (χ1v) is 7.12. The SMILES string of the molecule is CCC(CN)CC(=O)NCC1CCC(C)CC1. The average molecular weight is 240 g/mol. The summed E-state index contributed by atoms with van der Waals surface area (Å²) in [5.41, 5.74) is 5.61. The molecule has 0 heterocycles. The van der Waals surface area contributed by atoms with Crippen molar-refractivity contribution in [2.45, 2.75) is 52.4 Å². The largest absolute Gasteiger partial charge is 0.356 e. The van der Waals surface area contributed by atoms with E-state index in [0.717, 1.165) is 18.9 Å². The van der Waals surface area contributed by atoms with Crippen molar-refractivity contribution < 1.29 is 4.79 Å². The van der Waals surface area contributed by atoms with Gasteiger partial charge in [0.05, 0.1) is 0 Å². The lowest BCUT2D eigenvalue weighted by Crippen LogP contribution is -2.33. The van der Waals surface area contributed by atoms with Crippen LogP contribution in [0.4, 0.5) is 0 Å². The zero-order valence-corrected chi connectivity index (χ0v) is 11.4. The molecule has 17 heavy (non-hydrogen) atoms. The monoisotopic (exact) mass is 240 g/mol. The van der Waals surface area contributed by atoms with E-state index in [0.29, 0.717) is 24.8 Å². The normalized spacial score (nSPS) is 26.5. The molecule has 0 aromatic heterocycles. The molecule has 0 bridgehead atoms. The van der Waals surface area contributed by atoms with Crippen LogP contribution in [0.1, 0.15) is 52.4 Å². The fourth-order valence-electron chi connectivity index (χ4n) is 2.52. The summed E-state index contributed by atoms with van der Waals surface area (Å²) in [5.74, 6) is 2.11. The average Bonchev–Trinajstić information content (AvgIpc) is 2.35. The highest BCUT2D eigenvalue weighted by atomic mass is 16.1. The molecule has 0 aliphatic heterocycles. The van der Waals surface area contributed by atoms with Crippen LogP contribution in [-0.4, -0.2) is 19.0 Å². The zero-order chi connectivity index (χ0) is 12.7. The number of nitrogens with two attached hydrogens (primary N) is 1. The maximum atomic E-state index is 11.7. The van der Waals surface area contributed by atoms with Gasteiger partial charge in [0.1, 0.15) is 0 Å². The fraction of sp³-hybridized carbons (Fsp3) is 0.929. The summed E-state index contributed by atoms with van der Waals surface area (Å²) in [4.78, 5) is 11.7. The molecule has 0 saturated heterocycles. The standard InChI is InChI=1S/C14H28N2O/c1-3-12(9-15)8-14(17)16-10-13-6-4-11(2)5-7-13/h11-13H,3-10,15H2,1-2H3,(H,16,17). The van der Waals surface area contributed by atoms with Gasteiger partial charge in [0, 0.05) is 13.0 Å². The Bertz CT molecular complexity index is 218. The van der Waals surface area contributed by atoms with Gasteiger partial charge < -0.3 is 11.1 Å². The van der Waals surface area contributed by atoms with Crippen LogP contribution in [-0.2, 0) is 4.79 Å². The molecule has 1 atom stereocenters. The molecule has 0 aromatic rings. The lowest BCUT2D eigenvalue weighted by molar-refractivity contribution is -0.122. The van der Waals surface area contributed by atoms with Crippen LogP contribution in [0.3, 0.4) is 0 Å². The molecule has 3 N–H and O–H groups in total. The highest BCUT2D eigenvalue weighted by Gasteiger charge is 2.19. The third-order valence-corrected chi connectivity index (χ3v) is 4.11. The molecule has 0 aromatic carbocycles. The molecular formula is C14H28N2O. The summed E-state index contributed by atoms with van der Waals surface area (Å²) in [7, 11) is 0. The molecule has 1 aliphatic carbocycles. The van der Waals surface area contributed by atoms with Gasteiger partial charge in [0.25, 0.3) is 0 Å². The Morgan fingerprint density at radius 3 is 2.53 bits per heavy atom. The van der Waals surface area contributed by atoms with Gasteiger partial charge in [-0.2, -0.15) is 0 Å². The molecule has 1 amide bonds. The van der Waals surface area contributed by atoms with E-state index in [1.165, 1.54) is 25.7 Å².